The minimum absolute atomic E-state index is 0.304. The van der Waals surface area contributed by atoms with Gasteiger partial charge in [0.1, 0.15) is 5.75 Å². The monoisotopic (exact) mass is 234 g/mol. The molecule has 0 amide bonds. The van der Waals surface area contributed by atoms with E-state index in [0.717, 1.165) is 24.2 Å². The number of esters is 1. The molecule has 0 fully saturated rings. The van der Waals surface area contributed by atoms with Crippen molar-refractivity contribution in [1.29, 1.82) is 0 Å². The normalized spacial score (nSPS) is 10.5. The Kier molecular flexibility index (Phi) is 5.86. The van der Waals surface area contributed by atoms with Crippen molar-refractivity contribution in [2.24, 2.45) is 0 Å². The number of ether oxygens (including phenoxy) is 2. The first kappa shape index (κ1) is 13.3. The van der Waals surface area contributed by atoms with Gasteiger partial charge in [0.2, 0.25) is 0 Å². The van der Waals surface area contributed by atoms with Crippen LogP contribution in [-0.4, -0.2) is 19.7 Å². The Morgan fingerprint density at radius 3 is 2.94 bits per heavy atom. The molecule has 0 saturated heterocycles. The lowest BCUT2D eigenvalue weighted by Crippen LogP contribution is -2.01. The summed E-state index contributed by atoms with van der Waals surface area (Å²) >= 11 is 0. The lowest BCUT2D eigenvalue weighted by atomic mass is 10.2. The number of hydrogen-bond acceptors (Lipinski definition) is 3. The highest BCUT2D eigenvalue weighted by atomic mass is 16.5. The van der Waals surface area contributed by atoms with E-state index in [1.54, 1.807) is 13.2 Å². The third kappa shape index (κ3) is 5.20. The van der Waals surface area contributed by atoms with Crippen LogP contribution in [-0.2, 0) is 9.53 Å². The maximum Gasteiger partial charge on any atom is 0.330 e. The van der Waals surface area contributed by atoms with E-state index in [1.165, 1.54) is 6.08 Å². The van der Waals surface area contributed by atoms with Gasteiger partial charge in [-0.05, 0) is 30.2 Å². The van der Waals surface area contributed by atoms with Crippen molar-refractivity contribution < 1.29 is 14.3 Å². The minimum Gasteiger partial charge on any atom is -0.497 e. The van der Waals surface area contributed by atoms with Crippen LogP contribution >= 0.6 is 0 Å². The summed E-state index contributed by atoms with van der Waals surface area (Å²) in [5, 5.41) is 0. The third-order valence-electron chi connectivity index (χ3n) is 2.25. The molecule has 1 aromatic rings. The average molecular weight is 234 g/mol. The molecule has 92 valence electrons. The summed E-state index contributed by atoms with van der Waals surface area (Å²) in [7, 11) is 1.61. The van der Waals surface area contributed by atoms with Crippen molar-refractivity contribution in [1.82, 2.24) is 0 Å². The summed E-state index contributed by atoms with van der Waals surface area (Å²) in [5.74, 6) is 0.466. The van der Waals surface area contributed by atoms with Gasteiger partial charge in [-0.1, -0.05) is 25.5 Å². The first-order chi connectivity index (χ1) is 8.26. The maximum atomic E-state index is 11.3. The fourth-order valence-electron chi connectivity index (χ4n) is 1.27. The molecule has 3 heteroatoms. The highest BCUT2D eigenvalue weighted by Crippen LogP contribution is 2.13. The number of carbonyl (C=O) groups excluding carboxylic acids is 1. The van der Waals surface area contributed by atoms with Crippen molar-refractivity contribution in [3.05, 3.63) is 35.9 Å². The van der Waals surface area contributed by atoms with E-state index in [1.807, 2.05) is 24.3 Å². The molecule has 0 bridgehead atoms. The van der Waals surface area contributed by atoms with Crippen LogP contribution in [0.2, 0.25) is 0 Å². The van der Waals surface area contributed by atoms with Crippen molar-refractivity contribution in [3.63, 3.8) is 0 Å². The van der Waals surface area contributed by atoms with Crippen LogP contribution < -0.4 is 4.74 Å². The first-order valence-corrected chi connectivity index (χ1v) is 5.75. The molecule has 0 atom stereocenters. The molecule has 0 aliphatic carbocycles. The predicted octanol–water partition coefficient (Wildman–Crippen LogP) is 3.05. The Morgan fingerprint density at radius 1 is 1.41 bits per heavy atom. The first-order valence-electron chi connectivity index (χ1n) is 5.75. The Morgan fingerprint density at radius 2 is 2.24 bits per heavy atom. The Labute approximate surface area is 102 Å². The summed E-state index contributed by atoms with van der Waals surface area (Å²) in [6, 6.07) is 7.49. The molecule has 1 rings (SSSR count). The standard InChI is InChI=1S/C14H18O3/c1-3-4-10-17-14(15)9-8-12-6-5-7-13(11-12)16-2/h5-9,11H,3-4,10H2,1-2H3/b9-8+. The minimum atomic E-state index is -0.304. The number of methoxy groups -OCH3 is 1. The van der Waals surface area contributed by atoms with E-state index in [-0.39, 0.29) is 5.97 Å². The second-order valence-corrected chi connectivity index (χ2v) is 3.63. The molecule has 0 spiro atoms. The summed E-state index contributed by atoms with van der Waals surface area (Å²) in [4.78, 5) is 11.3. The van der Waals surface area contributed by atoms with Crippen molar-refractivity contribution in [3.8, 4) is 5.75 Å². The van der Waals surface area contributed by atoms with E-state index in [4.69, 9.17) is 9.47 Å². The van der Waals surface area contributed by atoms with Crippen LogP contribution in [0.25, 0.3) is 6.08 Å². The van der Waals surface area contributed by atoms with E-state index >= 15 is 0 Å². The van der Waals surface area contributed by atoms with E-state index in [0.29, 0.717) is 6.61 Å². The zero-order valence-electron chi connectivity index (χ0n) is 10.3. The number of unbranched alkanes of at least 4 members (excludes halogenated alkanes) is 1. The quantitative estimate of drug-likeness (QED) is 0.431. The topological polar surface area (TPSA) is 35.5 Å². The number of benzene rings is 1. The molecule has 0 aliphatic heterocycles. The van der Waals surface area contributed by atoms with Crippen LogP contribution in [0.3, 0.4) is 0 Å². The lowest BCUT2D eigenvalue weighted by Gasteiger charge is -2.01. The summed E-state index contributed by atoms with van der Waals surface area (Å²) in [5.41, 5.74) is 0.914. The third-order valence-corrected chi connectivity index (χ3v) is 2.25. The molecule has 0 radical (unpaired) electrons. The van der Waals surface area contributed by atoms with Crippen molar-refractivity contribution in [2.75, 3.05) is 13.7 Å². The van der Waals surface area contributed by atoms with Crippen LogP contribution in [0, 0.1) is 0 Å². The predicted molar refractivity (Wildman–Crippen MR) is 67.9 cm³/mol. The van der Waals surface area contributed by atoms with Gasteiger partial charge < -0.3 is 9.47 Å². The van der Waals surface area contributed by atoms with Gasteiger partial charge in [-0.3, -0.25) is 0 Å². The highest BCUT2D eigenvalue weighted by molar-refractivity contribution is 5.87. The number of carbonyl (C=O) groups is 1. The van der Waals surface area contributed by atoms with Gasteiger partial charge in [-0.25, -0.2) is 4.79 Å². The van der Waals surface area contributed by atoms with E-state index in [9.17, 15) is 4.79 Å². The smallest absolute Gasteiger partial charge is 0.330 e. The summed E-state index contributed by atoms with van der Waals surface area (Å²) < 4.78 is 10.1. The number of hydrogen-bond donors (Lipinski definition) is 0. The molecular weight excluding hydrogens is 216 g/mol. The van der Waals surface area contributed by atoms with Gasteiger partial charge in [0, 0.05) is 6.08 Å². The fourth-order valence-corrected chi connectivity index (χ4v) is 1.27. The van der Waals surface area contributed by atoms with Gasteiger partial charge in [0.25, 0.3) is 0 Å². The van der Waals surface area contributed by atoms with Crippen LogP contribution in [0.5, 0.6) is 5.75 Å². The molecule has 17 heavy (non-hydrogen) atoms. The molecule has 0 saturated carbocycles. The van der Waals surface area contributed by atoms with Crippen LogP contribution in [0.15, 0.2) is 30.3 Å². The molecule has 0 aliphatic rings. The zero-order chi connectivity index (χ0) is 12.5. The molecule has 0 heterocycles. The largest absolute Gasteiger partial charge is 0.497 e. The van der Waals surface area contributed by atoms with Gasteiger partial charge in [0.05, 0.1) is 13.7 Å². The second kappa shape index (κ2) is 7.49. The Hall–Kier alpha value is -1.77. The van der Waals surface area contributed by atoms with Gasteiger partial charge in [0.15, 0.2) is 0 Å². The molecule has 3 nitrogen and oxygen atoms in total. The van der Waals surface area contributed by atoms with Gasteiger partial charge in [-0.15, -0.1) is 0 Å². The molecular formula is C14H18O3. The second-order valence-electron chi connectivity index (χ2n) is 3.63. The van der Waals surface area contributed by atoms with Crippen molar-refractivity contribution >= 4 is 12.0 Å². The van der Waals surface area contributed by atoms with Crippen LogP contribution in [0.4, 0.5) is 0 Å². The SMILES string of the molecule is CCCCOC(=O)/C=C/c1cccc(OC)c1. The lowest BCUT2D eigenvalue weighted by molar-refractivity contribution is -0.137. The van der Waals surface area contributed by atoms with Gasteiger partial charge in [-0.2, -0.15) is 0 Å². The molecule has 0 N–H and O–H groups in total. The fraction of sp³-hybridized carbons (Fsp3) is 0.357. The summed E-state index contributed by atoms with van der Waals surface area (Å²) in [6.45, 7) is 2.54. The Bertz CT molecular complexity index is 383. The van der Waals surface area contributed by atoms with Crippen LogP contribution in [0.1, 0.15) is 25.3 Å². The average Bonchev–Trinajstić information content (AvgIpc) is 2.37. The summed E-state index contributed by atoms with van der Waals surface area (Å²) in [6.07, 6.45) is 5.08. The van der Waals surface area contributed by atoms with E-state index < -0.39 is 0 Å². The maximum absolute atomic E-state index is 11.3. The molecule has 1 aromatic carbocycles. The Balaban J connectivity index is 2.48. The number of rotatable bonds is 6. The zero-order valence-corrected chi connectivity index (χ0v) is 10.3. The van der Waals surface area contributed by atoms with E-state index in [2.05, 4.69) is 6.92 Å². The van der Waals surface area contributed by atoms with Crippen molar-refractivity contribution in [2.45, 2.75) is 19.8 Å². The molecule has 0 aromatic heterocycles. The van der Waals surface area contributed by atoms with Gasteiger partial charge >= 0.3 is 5.97 Å². The molecule has 0 unspecified atom stereocenters. The highest BCUT2D eigenvalue weighted by Gasteiger charge is 1.96.